The van der Waals surface area contributed by atoms with E-state index in [1.54, 1.807) is 0 Å². The second-order valence-corrected chi connectivity index (χ2v) is 4.63. The molecule has 0 bridgehead atoms. The van der Waals surface area contributed by atoms with Crippen molar-refractivity contribution in [3.05, 3.63) is 21.1 Å². The summed E-state index contributed by atoms with van der Waals surface area (Å²) in [4.78, 5) is 40.3. The molecular weight excluding hydrogens is 344 g/mol. The lowest BCUT2D eigenvalue weighted by molar-refractivity contribution is 0.0651. The summed E-state index contributed by atoms with van der Waals surface area (Å²) < 4.78 is 6.39. The highest BCUT2D eigenvalue weighted by Crippen LogP contribution is 2.10. The molecule has 2 aromatic rings. The van der Waals surface area contributed by atoms with Crippen LogP contribution in [0.2, 0.25) is 0 Å². The molecule has 0 aromatic carbocycles. The van der Waals surface area contributed by atoms with Gasteiger partial charge in [-0.3, -0.25) is 0 Å². The first-order valence-corrected chi connectivity index (χ1v) is 6.38. The fraction of sp³-hybridized carbons (Fsp3) is 0. The number of carboxylic acid groups (broad SMARTS) is 4. The monoisotopic (exact) mass is 348 g/mol. The van der Waals surface area contributed by atoms with Gasteiger partial charge in [-0.25, -0.2) is 19.2 Å². The predicted molar refractivity (Wildman–Crippen MR) is 67.7 cm³/mol. The molecule has 0 saturated heterocycles. The molecule has 116 valence electrons. The molecule has 0 radical (unpaired) electrons. The molecule has 0 saturated carbocycles. The van der Waals surface area contributed by atoms with E-state index in [1.807, 2.05) is 0 Å². The van der Waals surface area contributed by atoms with E-state index in [9.17, 15) is 19.2 Å². The van der Waals surface area contributed by atoms with Gasteiger partial charge in [-0.15, -0.1) is 10.2 Å². The van der Waals surface area contributed by atoms with Crippen molar-refractivity contribution < 1.29 is 39.6 Å². The number of nitrogens with zero attached hydrogens (tertiary/aromatic N) is 4. The second-order valence-electron chi connectivity index (χ2n) is 3.12. The molecule has 0 unspecified atom stereocenters. The molecular formula is C8H4N4O8S2. The summed E-state index contributed by atoms with van der Waals surface area (Å²) in [7, 11) is 0. The maximum Gasteiger partial charge on any atom is 0.358 e. The molecule has 4 N–H and O–H groups in total. The minimum absolute atomic E-state index is 0.350. The Labute approximate surface area is 127 Å². The summed E-state index contributed by atoms with van der Waals surface area (Å²) >= 11 is 1.09. The van der Waals surface area contributed by atoms with Crippen molar-refractivity contribution in [2.45, 2.75) is 0 Å². The quantitative estimate of drug-likeness (QED) is 0.570. The summed E-state index contributed by atoms with van der Waals surface area (Å²) in [5.41, 5.74) is -1.02. The zero-order valence-electron chi connectivity index (χ0n) is 10.0. The lowest BCUT2D eigenvalue weighted by Gasteiger charge is -1.86. The van der Waals surface area contributed by atoms with Gasteiger partial charge in [0.15, 0.2) is 21.1 Å². The molecule has 0 aliphatic rings. The number of aromatic carboxylic acids is 4. The number of aromatic nitrogens is 4. The van der Waals surface area contributed by atoms with E-state index in [4.69, 9.17) is 20.4 Å². The van der Waals surface area contributed by atoms with Crippen LogP contribution in [-0.2, 0) is 0 Å². The van der Waals surface area contributed by atoms with Crippen molar-refractivity contribution in [1.29, 1.82) is 0 Å². The van der Waals surface area contributed by atoms with Crippen molar-refractivity contribution >= 4 is 46.9 Å². The van der Waals surface area contributed by atoms with Crippen LogP contribution in [0.1, 0.15) is 40.3 Å². The minimum atomic E-state index is -1.38. The van der Waals surface area contributed by atoms with Crippen LogP contribution in [0.3, 0.4) is 0 Å². The molecule has 14 heteroatoms. The van der Waals surface area contributed by atoms with Gasteiger partial charge in [0.1, 0.15) is 0 Å². The number of carbonyl (C=O) groups is 4. The topological polar surface area (TPSA) is 201 Å². The zero-order valence-corrected chi connectivity index (χ0v) is 11.7. The predicted octanol–water partition coefficient (Wildman–Crippen LogP) is -0.131. The van der Waals surface area contributed by atoms with Crippen LogP contribution in [0.25, 0.3) is 0 Å². The first-order chi connectivity index (χ1) is 10.3. The number of carboxylic acids is 4. The fourth-order valence-corrected chi connectivity index (χ4v) is 1.94. The third kappa shape index (κ3) is 4.00. The number of hydrogen-bond donors (Lipinski definition) is 4. The molecule has 0 fully saturated rings. The van der Waals surface area contributed by atoms with E-state index in [2.05, 4.69) is 19.2 Å². The van der Waals surface area contributed by atoms with Gasteiger partial charge >= 0.3 is 23.9 Å². The van der Waals surface area contributed by atoms with Crippen LogP contribution in [0.15, 0.2) is 0 Å². The van der Waals surface area contributed by atoms with E-state index >= 15 is 0 Å². The first kappa shape index (κ1) is 17.1. The maximum absolute atomic E-state index is 10.3. The first-order valence-electron chi connectivity index (χ1n) is 4.83. The van der Waals surface area contributed by atoms with Crippen molar-refractivity contribution in [1.82, 2.24) is 19.2 Å². The molecule has 0 spiro atoms. The van der Waals surface area contributed by atoms with E-state index in [0.717, 1.165) is 0 Å². The highest BCUT2D eigenvalue weighted by Gasteiger charge is 2.21. The Morgan fingerprint density at radius 1 is 0.636 bits per heavy atom. The Morgan fingerprint density at radius 3 is 1.14 bits per heavy atom. The van der Waals surface area contributed by atoms with Crippen LogP contribution in [0.5, 0.6) is 0 Å². The van der Waals surface area contributed by atoms with Crippen molar-refractivity contribution in [2.24, 2.45) is 0 Å². The number of hydrogen-bond acceptors (Lipinski definition) is 10. The Balaban J connectivity index is 0.000000220. The molecule has 0 amide bonds. The molecule has 0 aliphatic heterocycles. The summed E-state index contributed by atoms with van der Waals surface area (Å²) in [6.45, 7) is 0. The molecule has 12 nitrogen and oxygen atoms in total. The normalized spacial score (nSPS) is 9.45. The van der Waals surface area contributed by atoms with Crippen molar-refractivity contribution in [3.63, 3.8) is 0 Å². The highest BCUT2D eigenvalue weighted by atomic mass is 32.1. The van der Waals surface area contributed by atoms with Gasteiger partial charge in [-0.2, -0.15) is 0 Å². The lowest BCUT2D eigenvalue weighted by Crippen LogP contribution is -2.05. The van der Waals surface area contributed by atoms with Gasteiger partial charge in [-0.05, 0) is 23.1 Å². The van der Waals surface area contributed by atoms with Crippen LogP contribution in [-0.4, -0.2) is 63.5 Å². The third-order valence-corrected chi connectivity index (χ3v) is 3.20. The zero-order chi connectivity index (χ0) is 16.9. The van der Waals surface area contributed by atoms with E-state index < -0.39 is 35.3 Å². The Hall–Kier alpha value is -3.00. The van der Waals surface area contributed by atoms with Crippen LogP contribution in [0.4, 0.5) is 0 Å². The van der Waals surface area contributed by atoms with Crippen molar-refractivity contribution in [2.75, 3.05) is 0 Å². The summed E-state index contributed by atoms with van der Waals surface area (Å²) in [6.07, 6.45) is 0. The van der Waals surface area contributed by atoms with Gasteiger partial charge < -0.3 is 20.4 Å². The average Bonchev–Trinajstić information content (AvgIpc) is 3.08. The lowest BCUT2D eigenvalue weighted by atomic mass is 10.4. The maximum atomic E-state index is 10.3. The van der Waals surface area contributed by atoms with Gasteiger partial charge in [-0.1, -0.05) is 8.98 Å². The van der Waals surface area contributed by atoms with Gasteiger partial charge in [0.25, 0.3) is 0 Å². The summed E-state index contributed by atoms with van der Waals surface area (Å²) in [5, 5.41) is 39.7. The molecule has 2 heterocycles. The van der Waals surface area contributed by atoms with E-state index in [1.165, 1.54) is 0 Å². The van der Waals surface area contributed by atoms with Crippen LogP contribution < -0.4 is 0 Å². The minimum Gasteiger partial charge on any atom is -0.477 e. The van der Waals surface area contributed by atoms with Crippen LogP contribution >= 0.6 is 23.1 Å². The van der Waals surface area contributed by atoms with Crippen molar-refractivity contribution in [3.8, 4) is 0 Å². The van der Waals surface area contributed by atoms with Gasteiger partial charge in [0.05, 0.1) is 0 Å². The molecule has 0 aliphatic carbocycles. The van der Waals surface area contributed by atoms with Gasteiger partial charge in [0, 0.05) is 0 Å². The largest absolute Gasteiger partial charge is 0.477 e. The Morgan fingerprint density at radius 2 is 0.955 bits per heavy atom. The summed E-state index contributed by atoms with van der Waals surface area (Å²) in [6, 6.07) is 0. The molecule has 2 rings (SSSR count). The standard InChI is InChI=1S/2C4H2N2O4S/c2*7-3(8)1-2(4(9)10)11-6-5-1/h2*(H,7,8)(H,9,10). The molecule has 2 aromatic heterocycles. The fourth-order valence-electron chi connectivity index (χ4n) is 0.942. The Kier molecular flexibility index (Phi) is 5.53. The van der Waals surface area contributed by atoms with E-state index in [0.29, 0.717) is 23.1 Å². The average molecular weight is 348 g/mol. The summed E-state index contributed by atoms with van der Waals surface area (Å²) in [5.74, 6) is -5.40. The SMILES string of the molecule is O=C(O)c1nnsc1C(=O)O.O=C(O)c1nnsc1C(=O)O. The number of rotatable bonds is 4. The highest BCUT2D eigenvalue weighted by molar-refractivity contribution is 7.08. The van der Waals surface area contributed by atoms with E-state index in [-0.39, 0.29) is 9.75 Å². The smallest absolute Gasteiger partial charge is 0.358 e. The van der Waals surface area contributed by atoms with Crippen LogP contribution in [0, 0.1) is 0 Å². The Bertz CT molecular complexity index is 619. The second kappa shape index (κ2) is 7.14. The molecule has 0 atom stereocenters. The third-order valence-electron chi connectivity index (χ3n) is 1.77. The molecule has 22 heavy (non-hydrogen) atoms. The van der Waals surface area contributed by atoms with Gasteiger partial charge in [0.2, 0.25) is 0 Å².